The third-order valence-corrected chi connectivity index (χ3v) is 4.20. The molecule has 0 spiro atoms. The second-order valence-corrected chi connectivity index (χ2v) is 6.00. The Balaban J connectivity index is 1.56. The van der Waals surface area contributed by atoms with Gasteiger partial charge < -0.3 is 15.2 Å². The highest BCUT2D eigenvalue weighted by atomic mass is 19.1. The molecule has 1 unspecified atom stereocenters. The minimum absolute atomic E-state index is 0.166. The zero-order chi connectivity index (χ0) is 18.1. The number of carbonyl (C=O) groups excluding carboxylic acids is 2. The average molecular weight is 350 g/mol. The van der Waals surface area contributed by atoms with Crippen molar-refractivity contribution in [3.63, 3.8) is 0 Å². The van der Waals surface area contributed by atoms with Crippen molar-refractivity contribution in [2.75, 3.05) is 5.32 Å². The quantitative estimate of drug-likeness (QED) is 0.763. The molecule has 2 heterocycles. The first-order chi connectivity index (χ1) is 12.6. The van der Waals surface area contributed by atoms with E-state index in [2.05, 4.69) is 15.6 Å². The van der Waals surface area contributed by atoms with Crippen LogP contribution in [0.3, 0.4) is 0 Å². The summed E-state index contributed by atoms with van der Waals surface area (Å²) >= 11 is 0. The third kappa shape index (κ3) is 3.06. The Morgan fingerprint density at radius 1 is 1.15 bits per heavy atom. The molecule has 2 aromatic carbocycles. The molecule has 26 heavy (non-hydrogen) atoms. The van der Waals surface area contributed by atoms with Crippen LogP contribution in [0.4, 0.5) is 10.1 Å². The third-order valence-electron chi connectivity index (χ3n) is 4.20. The van der Waals surface area contributed by atoms with Gasteiger partial charge >= 0.3 is 0 Å². The first-order valence-corrected chi connectivity index (χ1v) is 8.10. The second-order valence-electron chi connectivity index (χ2n) is 6.00. The number of fused-ring (bicyclic) bond motifs is 1. The molecule has 2 amide bonds. The Labute approximate surface area is 148 Å². The first-order valence-electron chi connectivity index (χ1n) is 8.10. The molecule has 2 N–H and O–H groups in total. The molecular formula is C19H15FN4O2. The molecule has 1 atom stereocenters. The van der Waals surface area contributed by atoms with Gasteiger partial charge in [-0.05, 0) is 29.8 Å². The van der Waals surface area contributed by atoms with Gasteiger partial charge in [-0.2, -0.15) is 0 Å². The van der Waals surface area contributed by atoms with Crippen molar-refractivity contribution in [1.29, 1.82) is 0 Å². The van der Waals surface area contributed by atoms with Gasteiger partial charge in [-0.15, -0.1) is 0 Å². The Hall–Kier alpha value is -3.48. The van der Waals surface area contributed by atoms with E-state index in [1.807, 2.05) is 18.2 Å². The maximum atomic E-state index is 13.1. The van der Waals surface area contributed by atoms with E-state index in [0.29, 0.717) is 12.2 Å². The molecule has 1 aromatic heterocycles. The Morgan fingerprint density at radius 2 is 1.88 bits per heavy atom. The molecule has 0 fully saturated rings. The number of anilines is 1. The van der Waals surface area contributed by atoms with Gasteiger partial charge in [0.05, 0.1) is 6.04 Å². The summed E-state index contributed by atoms with van der Waals surface area (Å²) in [5.41, 5.74) is 1.60. The lowest BCUT2D eigenvalue weighted by molar-refractivity contribution is 0.0894. The summed E-state index contributed by atoms with van der Waals surface area (Å²) in [5, 5.41) is 5.58. The summed E-state index contributed by atoms with van der Waals surface area (Å²) in [7, 11) is 0. The predicted molar refractivity (Wildman–Crippen MR) is 93.2 cm³/mol. The van der Waals surface area contributed by atoms with Crippen LogP contribution in [0.5, 0.6) is 0 Å². The van der Waals surface area contributed by atoms with Gasteiger partial charge in [0.1, 0.15) is 11.5 Å². The van der Waals surface area contributed by atoms with Gasteiger partial charge in [0.2, 0.25) is 0 Å². The van der Waals surface area contributed by atoms with Crippen LogP contribution >= 0.6 is 0 Å². The number of nitrogens with one attached hydrogen (secondary N) is 2. The monoisotopic (exact) mass is 350 g/mol. The lowest BCUT2D eigenvalue weighted by atomic mass is 10.1. The SMILES string of the molecule is O=C(Nc1ccccc1)c1cn2c(n1)C(=O)NC(c1ccc(F)cc1)C2. The second kappa shape index (κ2) is 6.44. The van der Waals surface area contributed by atoms with E-state index >= 15 is 0 Å². The summed E-state index contributed by atoms with van der Waals surface area (Å²) in [5.74, 6) is -0.908. The minimum atomic E-state index is -0.385. The van der Waals surface area contributed by atoms with E-state index in [9.17, 15) is 14.0 Å². The molecule has 4 rings (SSSR count). The predicted octanol–water partition coefficient (Wildman–Crippen LogP) is 2.76. The van der Waals surface area contributed by atoms with Crippen molar-refractivity contribution in [2.45, 2.75) is 12.6 Å². The number of imidazole rings is 1. The molecule has 6 nitrogen and oxygen atoms in total. The van der Waals surface area contributed by atoms with Gasteiger partial charge in [-0.25, -0.2) is 9.37 Å². The fourth-order valence-electron chi connectivity index (χ4n) is 2.91. The summed E-state index contributed by atoms with van der Waals surface area (Å²) in [6.45, 7) is 0.415. The standard InChI is InChI=1S/C19H15FN4O2/c20-13-8-6-12(7-9-13)15-10-24-11-16(22-17(24)19(26)23-15)18(25)21-14-4-2-1-3-5-14/h1-9,11,15H,10H2,(H,21,25)(H,23,26). The van der Waals surface area contributed by atoms with E-state index in [-0.39, 0.29) is 35.2 Å². The van der Waals surface area contributed by atoms with E-state index in [1.165, 1.54) is 12.1 Å². The van der Waals surface area contributed by atoms with E-state index in [0.717, 1.165) is 5.56 Å². The van der Waals surface area contributed by atoms with Gasteiger partial charge in [0.15, 0.2) is 5.82 Å². The number of para-hydroxylation sites is 1. The Kier molecular flexibility index (Phi) is 3.96. The van der Waals surface area contributed by atoms with Crippen molar-refractivity contribution >= 4 is 17.5 Å². The molecule has 0 aliphatic carbocycles. The highest BCUT2D eigenvalue weighted by Gasteiger charge is 2.28. The van der Waals surface area contributed by atoms with Crippen molar-refractivity contribution < 1.29 is 14.0 Å². The topological polar surface area (TPSA) is 76.0 Å². The highest BCUT2D eigenvalue weighted by Crippen LogP contribution is 2.22. The molecule has 1 aliphatic heterocycles. The number of carbonyl (C=O) groups is 2. The van der Waals surface area contributed by atoms with Crippen LogP contribution in [0.1, 0.15) is 32.7 Å². The summed E-state index contributed by atoms with van der Waals surface area (Å²) in [6.07, 6.45) is 1.56. The molecular weight excluding hydrogens is 335 g/mol. The van der Waals surface area contributed by atoms with Gasteiger partial charge in [0.25, 0.3) is 11.8 Å². The number of amides is 2. The number of hydrogen-bond donors (Lipinski definition) is 2. The van der Waals surface area contributed by atoms with E-state index < -0.39 is 0 Å². The lowest BCUT2D eigenvalue weighted by Crippen LogP contribution is -2.38. The Morgan fingerprint density at radius 3 is 2.62 bits per heavy atom. The maximum Gasteiger partial charge on any atom is 0.287 e. The summed E-state index contributed by atoms with van der Waals surface area (Å²) < 4.78 is 14.7. The molecule has 3 aromatic rings. The number of aromatic nitrogens is 2. The number of nitrogens with zero attached hydrogens (tertiary/aromatic N) is 2. The molecule has 0 saturated heterocycles. The minimum Gasteiger partial charge on any atom is -0.341 e. The largest absolute Gasteiger partial charge is 0.341 e. The van der Waals surface area contributed by atoms with Gasteiger partial charge in [0, 0.05) is 18.4 Å². The molecule has 7 heteroatoms. The fourth-order valence-corrected chi connectivity index (χ4v) is 2.91. The lowest BCUT2D eigenvalue weighted by Gasteiger charge is -2.25. The van der Waals surface area contributed by atoms with Crippen LogP contribution in [0.25, 0.3) is 0 Å². The van der Waals surface area contributed by atoms with Crippen molar-refractivity contribution in [1.82, 2.24) is 14.9 Å². The summed E-state index contributed by atoms with van der Waals surface area (Å²) in [6, 6.07) is 14.7. The van der Waals surface area contributed by atoms with Crippen LogP contribution < -0.4 is 10.6 Å². The molecule has 0 radical (unpaired) electrons. The zero-order valence-corrected chi connectivity index (χ0v) is 13.6. The average Bonchev–Trinajstić information content (AvgIpc) is 3.08. The maximum absolute atomic E-state index is 13.1. The van der Waals surface area contributed by atoms with Gasteiger partial charge in [-0.1, -0.05) is 30.3 Å². The fraction of sp³-hybridized carbons (Fsp3) is 0.105. The zero-order valence-electron chi connectivity index (χ0n) is 13.6. The normalized spacial score (nSPS) is 15.9. The molecule has 130 valence electrons. The van der Waals surface area contributed by atoms with Crippen LogP contribution in [-0.2, 0) is 6.54 Å². The Bertz CT molecular complexity index is 967. The molecule has 0 bridgehead atoms. The van der Waals surface area contributed by atoms with Crippen molar-refractivity contribution in [3.8, 4) is 0 Å². The van der Waals surface area contributed by atoms with Crippen LogP contribution in [0.15, 0.2) is 60.8 Å². The number of benzene rings is 2. The van der Waals surface area contributed by atoms with Crippen molar-refractivity contribution in [3.05, 3.63) is 83.7 Å². The van der Waals surface area contributed by atoms with E-state index in [1.54, 1.807) is 35.0 Å². The number of halogens is 1. The smallest absolute Gasteiger partial charge is 0.287 e. The molecule has 0 saturated carbocycles. The number of hydrogen-bond acceptors (Lipinski definition) is 3. The van der Waals surface area contributed by atoms with Crippen molar-refractivity contribution in [2.24, 2.45) is 0 Å². The molecule has 1 aliphatic rings. The first kappa shape index (κ1) is 16.0. The highest BCUT2D eigenvalue weighted by molar-refractivity contribution is 6.04. The van der Waals surface area contributed by atoms with Gasteiger partial charge in [-0.3, -0.25) is 9.59 Å². The summed E-state index contributed by atoms with van der Waals surface area (Å²) in [4.78, 5) is 28.8. The van der Waals surface area contributed by atoms with E-state index in [4.69, 9.17) is 0 Å². The van der Waals surface area contributed by atoms with Crippen LogP contribution in [0.2, 0.25) is 0 Å². The van der Waals surface area contributed by atoms with Crippen LogP contribution in [-0.4, -0.2) is 21.4 Å². The number of rotatable bonds is 3. The van der Waals surface area contributed by atoms with Crippen LogP contribution in [0, 0.1) is 5.82 Å².